The number of pyridine rings is 1. The molecule has 0 atom stereocenters. The van der Waals surface area contributed by atoms with Gasteiger partial charge in [0.15, 0.2) is 0 Å². The summed E-state index contributed by atoms with van der Waals surface area (Å²) < 4.78 is 31.7. The minimum Gasteiger partial charge on any atom is -0.379 e. The van der Waals surface area contributed by atoms with Crippen LogP contribution in [-0.4, -0.2) is 58.7 Å². The van der Waals surface area contributed by atoms with Gasteiger partial charge in [-0.05, 0) is 20.2 Å². The lowest BCUT2D eigenvalue weighted by molar-refractivity contribution is 0.122. The van der Waals surface area contributed by atoms with Crippen LogP contribution in [0.15, 0.2) is 23.2 Å². The van der Waals surface area contributed by atoms with Crippen LogP contribution in [0.2, 0.25) is 0 Å². The maximum Gasteiger partial charge on any atom is 0.240 e. The highest BCUT2D eigenvalue weighted by molar-refractivity contribution is 7.89. The molecule has 1 aromatic heterocycles. The summed E-state index contributed by atoms with van der Waals surface area (Å²) in [4.78, 5) is 5.94. The predicted octanol–water partition coefficient (Wildman–Crippen LogP) is -0.776. The fourth-order valence-electron chi connectivity index (χ4n) is 1.34. The molecule has 0 bridgehead atoms. The molecule has 0 fully saturated rings. The molecule has 0 unspecified atom stereocenters. The van der Waals surface area contributed by atoms with E-state index in [1.807, 2.05) is 19.0 Å². The Balaban J connectivity index is 2.41. The van der Waals surface area contributed by atoms with Crippen molar-refractivity contribution in [3.05, 3.63) is 18.3 Å². The lowest BCUT2D eigenvalue weighted by atomic mass is 10.5. The summed E-state index contributed by atoms with van der Waals surface area (Å²) in [5.41, 5.74) is 2.30. The number of nitrogens with zero attached hydrogens (tertiary/aromatic N) is 2. The van der Waals surface area contributed by atoms with Crippen LogP contribution in [0.1, 0.15) is 0 Å². The molecule has 0 radical (unpaired) electrons. The molecule has 0 aliphatic rings. The fourth-order valence-corrected chi connectivity index (χ4v) is 2.36. The quantitative estimate of drug-likeness (QED) is 0.312. The zero-order valence-corrected chi connectivity index (χ0v) is 12.5. The van der Waals surface area contributed by atoms with Gasteiger partial charge in [-0.2, -0.15) is 0 Å². The molecule has 20 heavy (non-hydrogen) atoms. The third-order valence-corrected chi connectivity index (χ3v) is 3.87. The van der Waals surface area contributed by atoms with Crippen molar-refractivity contribution in [1.82, 2.24) is 14.6 Å². The first-order chi connectivity index (χ1) is 9.45. The van der Waals surface area contributed by atoms with Crippen LogP contribution < -0.4 is 16.0 Å². The molecule has 4 N–H and O–H groups in total. The predicted molar refractivity (Wildman–Crippen MR) is 76.6 cm³/mol. The third kappa shape index (κ3) is 5.80. The van der Waals surface area contributed by atoms with E-state index >= 15 is 0 Å². The van der Waals surface area contributed by atoms with Crippen LogP contribution in [0.4, 0.5) is 5.82 Å². The van der Waals surface area contributed by atoms with Crippen LogP contribution in [-0.2, 0) is 14.8 Å². The monoisotopic (exact) mass is 303 g/mol. The van der Waals surface area contributed by atoms with Gasteiger partial charge in [-0.15, -0.1) is 0 Å². The lowest BCUT2D eigenvalue weighted by Crippen LogP contribution is -2.28. The highest BCUT2D eigenvalue weighted by Gasteiger charge is 2.13. The molecule has 0 spiro atoms. The number of nitrogens with one attached hydrogen (secondary N) is 2. The molecule has 0 saturated carbocycles. The van der Waals surface area contributed by atoms with Gasteiger partial charge in [-0.1, -0.05) is 0 Å². The second-order valence-corrected chi connectivity index (χ2v) is 6.10. The number of rotatable bonds is 9. The Kier molecular flexibility index (Phi) is 6.82. The van der Waals surface area contributed by atoms with Crippen molar-refractivity contribution < 1.29 is 13.2 Å². The van der Waals surface area contributed by atoms with Crippen LogP contribution in [0.3, 0.4) is 0 Å². The van der Waals surface area contributed by atoms with Crippen LogP contribution in [0.25, 0.3) is 0 Å². The van der Waals surface area contributed by atoms with Gasteiger partial charge in [-0.25, -0.2) is 24.0 Å². The standard InChI is InChI=1S/C11H21N5O3S/c1-16(2)6-8-19-7-5-14-20(17,18)10-3-4-13-11(9-10)15-12/h3-4,9,14H,5-8,12H2,1-2H3,(H,13,15). The van der Waals surface area contributed by atoms with Crippen molar-refractivity contribution in [3.8, 4) is 0 Å². The molecule has 1 aromatic rings. The maximum absolute atomic E-state index is 12.0. The number of nitrogens with two attached hydrogens (primary N) is 1. The number of aromatic nitrogens is 1. The fraction of sp³-hybridized carbons (Fsp3) is 0.545. The smallest absolute Gasteiger partial charge is 0.240 e. The van der Waals surface area contributed by atoms with Crippen molar-refractivity contribution in [2.75, 3.05) is 45.8 Å². The van der Waals surface area contributed by atoms with Crippen molar-refractivity contribution in [1.29, 1.82) is 0 Å². The first-order valence-corrected chi connectivity index (χ1v) is 7.59. The summed E-state index contributed by atoms with van der Waals surface area (Å²) in [5.74, 6) is 5.48. The Bertz CT molecular complexity index is 507. The Hall–Kier alpha value is -1.26. The largest absolute Gasteiger partial charge is 0.379 e. The molecule has 0 aliphatic carbocycles. The van der Waals surface area contributed by atoms with Crippen LogP contribution >= 0.6 is 0 Å². The number of hydrogen-bond acceptors (Lipinski definition) is 7. The summed E-state index contributed by atoms with van der Waals surface area (Å²) in [6.45, 7) is 1.89. The van der Waals surface area contributed by atoms with Crippen LogP contribution in [0, 0.1) is 0 Å². The van der Waals surface area contributed by atoms with Gasteiger partial charge in [-0.3, -0.25) is 0 Å². The van der Waals surface area contributed by atoms with E-state index in [4.69, 9.17) is 10.6 Å². The van der Waals surface area contributed by atoms with Gasteiger partial charge in [0.25, 0.3) is 0 Å². The minimum atomic E-state index is -3.57. The van der Waals surface area contributed by atoms with E-state index in [0.717, 1.165) is 6.54 Å². The van der Waals surface area contributed by atoms with Crippen molar-refractivity contribution >= 4 is 15.8 Å². The molecular weight excluding hydrogens is 282 g/mol. The Morgan fingerprint density at radius 2 is 2.15 bits per heavy atom. The molecule has 114 valence electrons. The van der Waals surface area contributed by atoms with E-state index in [-0.39, 0.29) is 17.3 Å². The van der Waals surface area contributed by atoms with Crippen molar-refractivity contribution in [2.24, 2.45) is 5.84 Å². The second-order valence-electron chi connectivity index (χ2n) is 4.33. The topological polar surface area (TPSA) is 110 Å². The number of nitrogen functional groups attached to an aromatic ring is 1. The summed E-state index contributed by atoms with van der Waals surface area (Å²) in [7, 11) is 0.314. The third-order valence-electron chi connectivity index (χ3n) is 2.41. The van der Waals surface area contributed by atoms with E-state index in [1.165, 1.54) is 18.3 Å². The normalized spacial score (nSPS) is 11.8. The summed E-state index contributed by atoms with van der Waals surface area (Å²) in [5, 5.41) is 0. The molecule has 0 aromatic carbocycles. The zero-order chi connectivity index (χ0) is 15.0. The Labute approximate surface area is 119 Å². The van der Waals surface area contributed by atoms with Gasteiger partial charge in [0, 0.05) is 25.4 Å². The summed E-state index contributed by atoms with van der Waals surface area (Å²) in [6.07, 6.45) is 1.37. The first-order valence-electron chi connectivity index (χ1n) is 6.10. The maximum atomic E-state index is 12.0. The van der Waals surface area contributed by atoms with Gasteiger partial charge in [0.2, 0.25) is 10.0 Å². The molecular formula is C11H21N5O3S. The van der Waals surface area contributed by atoms with Gasteiger partial charge >= 0.3 is 0 Å². The molecule has 0 amide bonds. The molecule has 9 heteroatoms. The second kappa shape index (κ2) is 8.12. The van der Waals surface area contributed by atoms with E-state index < -0.39 is 10.0 Å². The molecule has 1 rings (SSSR count). The summed E-state index contributed by atoms with van der Waals surface area (Å²) >= 11 is 0. The minimum absolute atomic E-state index is 0.105. The van der Waals surface area contributed by atoms with E-state index in [2.05, 4.69) is 15.1 Å². The molecule has 1 heterocycles. The van der Waals surface area contributed by atoms with Crippen molar-refractivity contribution in [3.63, 3.8) is 0 Å². The average Bonchev–Trinajstić information content (AvgIpc) is 2.42. The van der Waals surface area contributed by atoms with Crippen LogP contribution in [0.5, 0.6) is 0 Å². The first kappa shape index (κ1) is 16.8. The number of hydrogen-bond donors (Lipinski definition) is 3. The van der Waals surface area contributed by atoms with Gasteiger partial charge in [0.05, 0.1) is 18.1 Å². The summed E-state index contributed by atoms with van der Waals surface area (Å²) in [6, 6.07) is 2.76. The Morgan fingerprint density at radius 1 is 1.40 bits per heavy atom. The number of hydrazine groups is 1. The van der Waals surface area contributed by atoms with E-state index in [0.29, 0.717) is 13.2 Å². The van der Waals surface area contributed by atoms with E-state index in [9.17, 15) is 8.42 Å². The lowest BCUT2D eigenvalue weighted by Gasteiger charge is -2.10. The highest BCUT2D eigenvalue weighted by Crippen LogP contribution is 2.11. The number of sulfonamides is 1. The molecule has 0 aliphatic heterocycles. The van der Waals surface area contributed by atoms with Crippen molar-refractivity contribution in [2.45, 2.75) is 4.90 Å². The van der Waals surface area contributed by atoms with Gasteiger partial charge in [0.1, 0.15) is 5.82 Å². The molecule has 8 nitrogen and oxygen atoms in total. The van der Waals surface area contributed by atoms with E-state index in [1.54, 1.807) is 0 Å². The zero-order valence-electron chi connectivity index (χ0n) is 11.7. The van der Waals surface area contributed by atoms with Gasteiger partial charge < -0.3 is 15.1 Å². The molecule has 0 saturated heterocycles. The number of anilines is 1. The SMILES string of the molecule is CN(C)CCOCCNS(=O)(=O)c1ccnc(NN)c1. The highest BCUT2D eigenvalue weighted by atomic mass is 32.2. The number of ether oxygens (including phenoxy) is 1. The Morgan fingerprint density at radius 3 is 2.80 bits per heavy atom. The average molecular weight is 303 g/mol. The number of likely N-dealkylation sites (N-methyl/N-ethyl adjacent to an activating group) is 1.